The first-order valence-electron chi connectivity index (χ1n) is 3.99. The predicted molar refractivity (Wildman–Crippen MR) is 41.3 cm³/mol. The van der Waals surface area contributed by atoms with Crippen molar-refractivity contribution in [3.63, 3.8) is 0 Å². The lowest BCUT2D eigenvalue weighted by molar-refractivity contribution is -0.148. The molecular weight excluding hydrogens is 162 g/mol. The van der Waals surface area contributed by atoms with Gasteiger partial charge in [0.1, 0.15) is 0 Å². The van der Waals surface area contributed by atoms with E-state index in [4.69, 9.17) is 10.2 Å². The van der Waals surface area contributed by atoms with E-state index in [0.717, 1.165) is 0 Å². The van der Waals surface area contributed by atoms with E-state index in [2.05, 4.69) is 0 Å². The van der Waals surface area contributed by atoms with Crippen LogP contribution in [0, 0.1) is 0 Å². The fourth-order valence-corrected chi connectivity index (χ4v) is 1.60. The summed E-state index contributed by atoms with van der Waals surface area (Å²) in [6, 6.07) is -0.243. The van der Waals surface area contributed by atoms with Gasteiger partial charge in [0, 0.05) is 19.0 Å². The highest BCUT2D eigenvalue weighted by molar-refractivity contribution is 4.88. The summed E-state index contributed by atoms with van der Waals surface area (Å²) in [6.45, 7) is 0.322. The molecule has 72 valence electrons. The first-order chi connectivity index (χ1) is 5.59. The Kier molecular flexibility index (Phi) is 3.03. The van der Waals surface area contributed by atoms with Gasteiger partial charge >= 0.3 is 0 Å². The molecule has 12 heavy (non-hydrogen) atoms. The zero-order chi connectivity index (χ0) is 9.19. The first-order valence-corrected chi connectivity index (χ1v) is 3.99. The Hall–Kier alpha value is -0.200. The number of nitrogens with zero attached hydrogens (tertiary/aromatic N) is 1. The van der Waals surface area contributed by atoms with E-state index in [9.17, 15) is 10.2 Å². The Balaban J connectivity index is 2.50. The van der Waals surface area contributed by atoms with Crippen LogP contribution in [-0.2, 0) is 0 Å². The van der Waals surface area contributed by atoms with Crippen LogP contribution in [0.3, 0.4) is 0 Å². The maximum Gasteiger partial charge on any atom is 0.177 e. The maximum absolute atomic E-state index is 9.21. The number of aliphatic hydroxyl groups excluding tert-OH is 2. The molecule has 0 aromatic rings. The van der Waals surface area contributed by atoms with Crippen molar-refractivity contribution in [1.82, 2.24) is 4.90 Å². The smallest absolute Gasteiger partial charge is 0.177 e. The molecule has 4 N–H and O–H groups in total. The molecular formula is C7H15NO4. The summed E-state index contributed by atoms with van der Waals surface area (Å²) in [7, 11) is 0. The van der Waals surface area contributed by atoms with E-state index in [0.29, 0.717) is 6.54 Å². The third-order valence-electron chi connectivity index (χ3n) is 2.13. The number of likely N-dealkylation sites (tertiary alicyclic amines) is 1. The quantitative estimate of drug-likeness (QED) is 0.365. The molecule has 1 fully saturated rings. The van der Waals surface area contributed by atoms with Crippen LogP contribution in [-0.4, -0.2) is 63.5 Å². The molecule has 5 nitrogen and oxygen atoms in total. The zero-order valence-corrected chi connectivity index (χ0v) is 6.85. The van der Waals surface area contributed by atoms with Crippen LogP contribution in [0.4, 0.5) is 0 Å². The molecule has 1 unspecified atom stereocenters. The van der Waals surface area contributed by atoms with E-state index in [-0.39, 0.29) is 32.2 Å². The predicted octanol–water partition coefficient (Wildman–Crippen LogP) is -2.27. The molecule has 1 atom stereocenters. The largest absolute Gasteiger partial charge is 0.395 e. The van der Waals surface area contributed by atoms with Crippen molar-refractivity contribution in [2.45, 2.75) is 18.2 Å². The average Bonchev–Trinajstić information content (AvgIpc) is 2.26. The third kappa shape index (κ3) is 2.15. The highest BCUT2D eigenvalue weighted by atomic mass is 16.5. The van der Waals surface area contributed by atoms with Crippen molar-refractivity contribution in [2.75, 3.05) is 26.3 Å². The van der Waals surface area contributed by atoms with E-state index < -0.39 is 5.79 Å². The van der Waals surface area contributed by atoms with Crippen LogP contribution in [0.25, 0.3) is 0 Å². The van der Waals surface area contributed by atoms with E-state index in [1.54, 1.807) is 4.90 Å². The molecule has 0 aromatic heterocycles. The number of aliphatic hydroxyl groups is 4. The monoisotopic (exact) mass is 177 g/mol. The number of hydrogen-bond donors (Lipinski definition) is 4. The lowest BCUT2D eigenvalue weighted by Crippen LogP contribution is -2.36. The van der Waals surface area contributed by atoms with Crippen LogP contribution in [0.5, 0.6) is 0 Å². The minimum absolute atomic E-state index is 0.0351. The maximum atomic E-state index is 9.21. The SMILES string of the molecule is OCCN1CC(O)(O)CC1CO. The molecule has 0 saturated carbocycles. The van der Waals surface area contributed by atoms with Gasteiger partial charge in [0.2, 0.25) is 0 Å². The Morgan fingerprint density at radius 1 is 1.33 bits per heavy atom. The Morgan fingerprint density at radius 3 is 2.50 bits per heavy atom. The van der Waals surface area contributed by atoms with Crippen molar-refractivity contribution >= 4 is 0 Å². The van der Waals surface area contributed by atoms with Gasteiger partial charge in [0.15, 0.2) is 5.79 Å². The zero-order valence-electron chi connectivity index (χ0n) is 6.85. The van der Waals surface area contributed by atoms with Gasteiger partial charge in [-0.1, -0.05) is 0 Å². The summed E-state index contributed by atoms with van der Waals surface area (Å²) in [6.07, 6.45) is 0.142. The fraction of sp³-hybridized carbons (Fsp3) is 1.00. The molecule has 0 aliphatic carbocycles. The molecule has 1 rings (SSSR count). The van der Waals surface area contributed by atoms with Gasteiger partial charge in [-0.05, 0) is 0 Å². The van der Waals surface area contributed by atoms with E-state index >= 15 is 0 Å². The molecule has 1 aliphatic heterocycles. The van der Waals surface area contributed by atoms with Crippen LogP contribution in [0.15, 0.2) is 0 Å². The summed E-state index contributed by atoms with van der Waals surface area (Å²) in [5.74, 6) is -1.71. The number of β-amino-alcohol motifs (C(OH)–C–C–N with tert-alkyl or cyclic N) is 3. The Labute approximate surface area is 70.9 Å². The van der Waals surface area contributed by atoms with Gasteiger partial charge in [-0.15, -0.1) is 0 Å². The summed E-state index contributed by atoms with van der Waals surface area (Å²) < 4.78 is 0. The molecule has 1 saturated heterocycles. The third-order valence-corrected chi connectivity index (χ3v) is 2.13. The van der Waals surface area contributed by atoms with Crippen LogP contribution < -0.4 is 0 Å². The Bertz CT molecular complexity index is 150. The highest BCUT2D eigenvalue weighted by Gasteiger charge is 2.40. The minimum atomic E-state index is -1.71. The molecule has 0 radical (unpaired) electrons. The second-order valence-electron chi connectivity index (χ2n) is 3.22. The summed E-state index contributed by atoms with van der Waals surface area (Å²) in [4.78, 5) is 1.67. The summed E-state index contributed by atoms with van der Waals surface area (Å²) in [5.41, 5.74) is 0. The van der Waals surface area contributed by atoms with Gasteiger partial charge in [0.25, 0.3) is 0 Å². The summed E-state index contributed by atoms with van der Waals surface area (Å²) in [5, 5.41) is 35.9. The molecule has 0 amide bonds. The lowest BCUT2D eigenvalue weighted by atomic mass is 10.2. The van der Waals surface area contributed by atoms with Crippen molar-refractivity contribution < 1.29 is 20.4 Å². The van der Waals surface area contributed by atoms with Gasteiger partial charge in [-0.3, -0.25) is 4.90 Å². The number of rotatable bonds is 3. The fourth-order valence-electron chi connectivity index (χ4n) is 1.60. The highest BCUT2D eigenvalue weighted by Crippen LogP contribution is 2.23. The average molecular weight is 177 g/mol. The van der Waals surface area contributed by atoms with Crippen molar-refractivity contribution in [3.8, 4) is 0 Å². The molecule has 0 bridgehead atoms. The normalized spacial score (nSPS) is 29.5. The molecule has 1 heterocycles. The molecule has 1 aliphatic rings. The van der Waals surface area contributed by atoms with Crippen LogP contribution in [0.2, 0.25) is 0 Å². The molecule has 0 aromatic carbocycles. The molecule has 0 spiro atoms. The van der Waals surface area contributed by atoms with Gasteiger partial charge < -0.3 is 20.4 Å². The second-order valence-corrected chi connectivity index (χ2v) is 3.22. The first kappa shape index (κ1) is 9.88. The standard InChI is InChI=1S/C7H15NO4/c9-2-1-8-5-7(11,12)3-6(8)4-10/h6,9-12H,1-5H2. The Morgan fingerprint density at radius 2 is 2.00 bits per heavy atom. The summed E-state index contributed by atoms with van der Waals surface area (Å²) >= 11 is 0. The number of hydrogen-bond acceptors (Lipinski definition) is 5. The van der Waals surface area contributed by atoms with Crippen LogP contribution >= 0.6 is 0 Å². The second kappa shape index (κ2) is 3.68. The minimum Gasteiger partial charge on any atom is -0.395 e. The van der Waals surface area contributed by atoms with Gasteiger partial charge in [0.05, 0.1) is 19.8 Å². The van der Waals surface area contributed by atoms with E-state index in [1.165, 1.54) is 0 Å². The topological polar surface area (TPSA) is 84.2 Å². The van der Waals surface area contributed by atoms with Crippen molar-refractivity contribution in [1.29, 1.82) is 0 Å². The van der Waals surface area contributed by atoms with Crippen LogP contribution in [0.1, 0.15) is 6.42 Å². The van der Waals surface area contributed by atoms with Gasteiger partial charge in [-0.25, -0.2) is 0 Å². The van der Waals surface area contributed by atoms with Crippen molar-refractivity contribution in [3.05, 3.63) is 0 Å². The van der Waals surface area contributed by atoms with Crippen molar-refractivity contribution in [2.24, 2.45) is 0 Å². The lowest BCUT2D eigenvalue weighted by Gasteiger charge is -2.20. The van der Waals surface area contributed by atoms with E-state index in [1.807, 2.05) is 0 Å². The molecule has 5 heteroatoms. The van der Waals surface area contributed by atoms with Gasteiger partial charge in [-0.2, -0.15) is 0 Å².